The monoisotopic (exact) mass is 331 g/mol. The van der Waals surface area contributed by atoms with E-state index in [2.05, 4.69) is 15.3 Å². The van der Waals surface area contributed by atoms with Gasteiger partial charge in [-0.3, -0.25) is 0 Å². The summed E-state index contributed by atoms with van der Waals surface area (Å²) in [5.41, 5.74) is 1.60. The molecule has 0 spiro atoms. The molecule has 0 atom stereocenters. The molecule has 2 N–H and O–H groups in total. The lowest BCUT2D eigenvalue weighted by Gasteiger charge is -2.10. The van der Waals surface area contributed by atoms with Crippen molar-refractivity contribution in [3.05, 3.63) is 72.5 Å². The Morgan fingerprint density at radius 1 is 1.00 bits per heavy atom. The number of rotatable bonds is 4. The predicted octanol–water partition coefficient (Wildman–Crippen LogP) is 4.33. The normalized spacial score (nSPS) is 10.7. The molecule has 6 nitrogen and oxygen atoms in total. The summed E-state index contributed by atoms with van der Waals surface area (Å²) in [5.74, 6) is 0.626. The average molecular weight is 331 g/mol. The number of carbonyl (C=O) groups is 1. The van der Waals surface area contributed by atoms with E-state index >= 15 is 0 Å². The van der Waals surface area contributed by atoms with Crippen LogP contribution < -0.4 is 5.32 Å². The minimum absolute atomic E-state index is 0.203. The fraction of sp³-hybridized carbons (Fsp3) is 0. The van der Waals surface area contributed by atoms with Gasteiger partial charge in [-0.1, -0.05) is 18.2 Å². The SMILES string of the molecule is O=C(O)c1cccc(Nc2nc(-c3ccco3)nc3ccccc23)c1. The van der Waals surface area contributed by atoms with Gasteiger partial charge >= 0.3 is 5.97 Å². The lowest BCUT2D eigenvalue weighted by Crippen LogP contribution is -2.01. The van der Waals surface area contributed by atoms with E-state index in [9.17, 15) is 4.79 Å². The number of benzene rings is 2. The van der Waals surface area contributed by atoms with Crippen LogP contribution in [0.2, 0.25) is 0 Å². The van der Waals surface area contributed by atoms with Crippen molar-refractivity contribution in [1.82, 2.24) is 9.97 Å². The van der Waals surface area contributed by atoms with E-state index in [0.29, 0.717) is 23.1 Å². The molecule has 0 aliphatic heterocycles. The van der Waals surface area contributed by atoms with E-state index in [4.69, 9.17) is 9.52 Å². The largest absolute Gasteiger partial charge is 0.478 e. The van der Waals surface area contributed by atoms with Crippen molar-refractivity contribution < 1.29 is 14.3 Å². The zero-order valence-electron chi connectivity index (χ0n) is 13.0. The van der Waals surface area contributed by atoms with Gasteiger partial charge in [-0.15, -0.1) is 0 Å². The number of nitrogens with zero attached hydrogens (tertiary/aromatic N) is 2. The van der Waals surface area contributed by atoms with Gasteiger partial charge in [0.05, 0.1) is 17.3 Å². The first-order valence-corrected chi connectivity index (χ1v) is 7.62. The van der Waals surface area contributed by atoms with Crippen LogP contribution in [0.3, 0.4) is 0 Å². The number of anilines is 2. The highest BCUT2D eigenvalue weighted by molar-refractivity contribution is 5.93. The molecule has 2 aromatic heterocycles. The number of para-hydroxylation sites is 1. The summed E-state index contributed by atoms with van der Waals surface area (Å²) < 4.78 is 5.39. The highest BCUT2D eigenvalue weighted by Crippen LogP contribution is 2.27. The van der Waals surface area contributed by atoms with Crippen molar-refractivity contribution >= 4 is 28.4 Å². The number of nitrogens with one attached hydrogen (secondary N) is 1. The van der Waals surface area contributed by atoms with Gasteiger partial charge in [0.1, 0.15) is 5.82 Å². The molecule has 0 fully saturated rings. The van der Waals surface area contributed by atoms with E-state index in [-0.39, 0.29) is 5.56 Å². The van der Waals surface area contributed by atoms with Crippen molar-refractivity contribution in [1.29, 1.82) is 0 Å². The number of aromatic carboxylic acids is 1. The first-order valence-electron chi connectivity index (χ1n) is 7.62. The highest BCUT2D eigenvalue weighted by atomic mass is 16.4. The van der Waals surface area contributed by atoms with Crippen LogP contribution in [0, 0.1) is 0 Å². The smallest absolute Gasteiger partial charge is 0.335 e. The molecule has 4 rings (SSSR count). The zero-order chi connectivity index (χ0) is 17.2. The molecule has 0 bridgehead atoms. The van der Waals surface area contributed by atoms with Crippen LogP contribution in [0.25, 0.3) is 22.5 Å². The fourth-order valence-corrected chi connectivity index (χ4v) is 2.55. The molecule has 0 radical (unpaired) electrons. The van der Waals surface area contributed by atoms with Crippen molar-refractivity contribution in [2.75, 3.05) is 5.32 Å². The summed E-state index contributed by atoms with van der Waals surface area (Å²) in [6.07, 6.45) is 1.57. The Kier molecular flexibility index (Phi) is 3.63. The second kappa shape index (κ2) is 6.09. The number of hydrogen-bond donors (Lipinski definition) is 2. The maximum Gasteiger partial charge on any atom is 0.335 e. The third-order valence-electron chi connectivity index (χ3n) is 3.72. The second-order valence-corrected chi connectivity index (χ2v) is 5.40. The number of carboxylic acid groups (broad SMARTS) is 1. The zero-order valence-corrected chi connectivity index (χ0v) is 13.0. The third-order valence-corrected chi connectivity index (χ3v) is 3.72. The standard InChI is InChI=1S/C19H13N3O3/c23-19(24)12-5-3-6-13(11-12)20-17-14-7-1-2-8-15(14)21-18(22-17)16-9-4-10-25-16/h1-11H,(H,23,24)(H,20,21,22). The summed E-state index contributed by atoms with van der Waals surface area (Å²) in [6.45, 7) is 0. The minimum atomic E-state index is -0.979. The summed E-state index contributed by atoms with van der Waals surface area (Å²) in [6, 6.07) is 17.7. The molecule has 122 valence electrons. The van der Waals surface area contributed by atoms with Crippen LogP contribution >= 0.6 is 0 Å². The van der Waals surface area contributed by atoms with Crippen LogP contribution in [0.1, 0.15) is 10.4 Å². The summed E-state index contributed by atoms with van der Waals surface area (Å²) >= 11 is 0. The van der Waals surface area contributed by atoms with Crippen LogP contribution in [-0.2, 0) is 0 Å². The Morgan fingerprint density at radius 3 is 2.68 bits per heavy atom. The molecular weight excluding hydrogens is 318 g/mol. The number of furan rings is 1. The molecule has 0 unspecified atom stereocenters. The van der Waals surface area contributed by atoms with E-state index in [1.165, 1.54) is 0 Å². The van der Waals surface area contributed by atoms with Gasteiger partial charge in [0.15, 0.2) is 11.6 Å². The highest BCUT2D eigenvalue weighted by Gasteiger charge is 2.12. The number of fused-ring (bicyclic) bond motifs is 1. The first-order chi connectivity index (χ1) is 12.2. The Morgan fingerprint density at radius 2 is 1.88 bits per heavy atom. The van der Waals surface area contributed by atoms with Crippen molar-refractivity contribution in [2.24, 2.45) is 0 Å². The minimum Gasteiger partial charge on any atom is -0.478 e. The molecule has 25 heavy (non-hydrogen) atoms. The van der Waals surface area contributed by atoms with Gasteiger partial charge in [0.25, 0.3) is 0 Å². The van der Waals surface area contributed by atoms with E-state index in [0.717, 1.165) is 10.9 Å². The van der Waals surface area contributed by atoms with Crippen LogP contribution in [0.5, 0.6) is 0 Å². The summed E-state index contributed by atoms with van der Waals surface area (Å²) in [4.78, 5) is 20.2. The lowest BCUT2D eigenvalue weighted by atomic mass is 10.2. The Labute approximate surface area is 142 Å². The number of aromatic nitrogens is 2. The second-order valence-electron chi connectivity index (χ2n) is 5.40. The molecule has 6 heteroatoms. The molecule has 0 amide bonds. The molecular formula is C19H13N3O3. The summed E-state index contributed by atoms with van der Waals surface area (Å²) in [5, 5.41) is 13.2. The Bertz CT molecular complexity index is 1060. The van der Waals surface area contributed by atoms with Crippen molar-refractivity contribution in [3.8, 4) is 11.6 Å². The predicted molar refractivity (Wildman–Crippen MR) is 93.9 cm³/mol. The van der Waals surface area contributed by atoms with Gasteiger partial charge in [0, 0.05) is 11.1 Å². The van der Waals surface area contributed by atoms with Gasteiger partial charge in [-0.05, 0) is 42.5 Å². The lowest BCUT2D eigenvalue weighted by molar-refractivity contribution is 0.0697. The molecule has 2 aromatic carbocycles. The van der Waals surface area contributed by atoms with E-state index in [1.54, 1.807) is 42.7 Å². The fourth-order valence-electron chi connectivity index (χ4n) is 2.55. The number of hydrogen-bond acceptors (Lipinski definition) is 5. The number of carboxylic acids is 1. The van der Waals surface area contributed by atoms with Gasteiger partial charge in [-0.25, -0.2) is 14.8 Å². The quantitative estimate of drug-likeness (QED) is 0.578. The molecule has 2 heterocycles. The maximum absolute atomic E-state index is 11.2. The Hall–Kier alpha value is -3.67. The molecule has 0 saturated heterocycles. The van der Waals surface area contributed by atoms with Crippen LogP contribution in [0.4, 0.5) is 11.5 Å². The van der Waals surface area contributed by atoms with Crippen LogP contribution in [0.15, 0.2) is 71.3 Å². The molecule has 0 saturated carbocycles. The first kappa shape index (κ1) is 14.9. The Balaban J connectivity index is 1.83. The molecule has 4 aromatic rings. The van der Waals surface area contributed by atoms with Gasteiger partial charge in [0.2, 0.25) is 0 Å². The van der Waals surface area contributed by atoms with Gasteiger partial charge < -0.3 is 14.8 Å². The third kappa shape index (κ3) is 2.92. The topological polar surface area (TPSA) is 88.2 Å². The molecule has 0 aliphatic carbocycles. The van der Waals surface area contributed by atoms with E-state index < -0.39 is 5.97 Å². The van der Waals surface area contributed by atoms with E-state index in [1.807, 2.05) is 24.3 Å². The van der Waals surface area contributed by atoms with Gasteiger partial charge in [-0.2, -0.15) is 0 Å². The molecule has 0 aliphatic rings. The average Bonchev–Trinajstić information content (AvgIpc) is 3.16. The van der Waals surface area contributed by atoms with Crippen molar-refractivity contribution in [2.45, 2.75) is 0 Å². The van der Waals surface area contributed by atoms with Crippen LogP contribution in [-0.4, -0.2) is 21.0 Å². The van der Waals surface area contributed by atoms with Crippen molar-refractivity contribution in [3.63, 3.8) is 0 Å². The summed E-state index contributed by atoms with van der Waals surface area (Å²) in [7, 11) is 0. The maximum atomic E-state index is 11.2.